The Morgan fingerprint density at radius 2 is 1.58 bits per heavy atom. The molecule has 2 aromatic rings. The zero-order valence-electron chi connectivity index (χ0n) is 14.4. The van der Waals surface area contributed by atoms with Crippen LogP contribution in [0, 0.1) is 0 Å². The molecule has 0 radical (unpaired) electrons. The number of hydrogen-bond acceptors (Lipinski definition) is 3. The molecule has 0 fully saturated rings. The average Bonchev–Trinajstić information content (AvgIpc) is 2.55. The first-order valence-corrected chi connectivity index (χ1v) is 9.52. The molecule has 24 heavy (non-hydrogen) atoms. The Morgan fingerprint density at radius 1 is 1.00 bits per heavy atom. The molecule has 0 spiro atoms. The zero-order chi connectivity index (χ0) is 17.8. The van der Waals surface area contributed by atoms with Crippen molar-refractivity contribution >= 4 is 10.0 Å². The second kappa shape index (κ2) is 7.47. The molecular formula is C19H25NO3S. The highest BCUT2D eigenvalue weighted by Crippen LogP contribution is 2.23. The highest BCUT2D eigenvalue weighted by atomic mass is 32.2. The molecule has 0 saturated heterocycles. The van der Waals surface area contributed by atoms with Crippen LogP contribution < -0.4 is 4.72 Å². The van der Waals surface area contributed by atoms with Gasteiger partial charge in [0.15, 0.2) is 0 Å². The highest BCUT2D eigenvalue weighted by Gasteiger charge is 2.18. The van der Waals surface area contributed by atoms with Gasteiger partial charge in [-0.05, 0) is 35.1 Å². The number of sulfonamides is 1. The number of rotatable bonds is 6. The molecule has 5 heteroatoms. The second-order valence-corrected chi connectivity index (χ2v) is 8.65. The molecule has 4 nitrogen and oxygen atoms in total. The van der Waals surface area contributed by atoms with Gasteiger partial charge in [-0.1, -0.05) is 63.2 Å². The Kier molecular flexibility index (Phi) is 5.80. The maximum absolute atomic E-state index is 12.3. The van der Waals surface area contributed by atoms with Gasteiger partial charge in [-0.2, -0.15) is 0 Å². The summed E-state index contributed by atoms with van der Waals surface area (Å²) in [5, 5.41) is 10.1. The van der Waals surface area contributed by atoms with E-state index in [1.54, 1.807) is 12.1 Å². The average molecular weight is 347 g/mol. The molecule has 130 valence electrons. The third kappa shape index (κ3) is 4.90. The van der Waals surface area contributed by atoms with Crippen LogP contribution in [0.4, 0.5) is 0 Å². The van der Waals surface area contributed by atoms with Crippen molar-refractivity contribution in [3.63, 3.8) is 0 Å². The molecule has 1 atom stereocenters. The standard InChI is InChI=1S/C19H25NO3S/c1-19(2,3)16-9-11-17(12-10-16)24(22,23)20-14-13-18(21)15-7-5-4-6-8-15/h4-12,18,20-21H,13-14H2,1-3H3. The fourth-order valence-corrected chi connectivity index (χ4v) is 3.44. The molecular weight excluding hydrogens is 322 g/mol. The second-order valence-electron chi connectivity index (χ2n) is 6.89. The molecule has 2 aromatic carbocycles. The zero-order valence-corrected chi connectivity index (χ0v) is 15.2. The van der Waals surface area contributed by atoms with Crippen LogP contribution in [-0.4, -0.2) is 20.1 Å². The lowest BCUT2D eigenvalue weighted by Gasteiger charge is -2.19. The summed E-state index contributed by atoms with van der Waals surface area (Å²) in [5.74, 6) is 0. The van der Waals surface area contributed by atoms with E-state index < -0.39 is 16.1 Å². The molecule has 0 aliphatic rings. The fourth-order valence-electron chi connectivity index (χ4n) is 2.39. The Hall–Kier alpha value is -1.69. The highest BCUT2D eigenvalue weighted by molar-refractivity contribution is 7.89. The Labute approximate surface area is 144 Å². The van der Waals surface area contributed by atoms with Crippen molar-refractivity contribution in [2.75, 3.05) is 6.54 Å². The van der Waals surface area contributed by atoms with Gasteiger partial charge in [-0.3, -0.25) is 0 Å². The molecule has 0 heterocycles. The van der Waals surface area contributed by atoms with Crippen LogP contribution >= 0.6 is 0 Å². The van der Waals surface area contributed by atoms with Gasteiger partial charge in [-0.15, -0.1) is 0 Å². The first kappa shape index (κ1) is 18.6. The topological polar surface area (TPSA) is 66.4 Å². The van der Waals surface area contributed by atoms with Gasteiger partial charge in [0.25, 0.3) is 0 Å². The van der Waals surface area contributed by atoms with E-state index in [2.05, 4.69) is 25.5 Å². The minimum atomic E-state index is -3.56. The first-order valence-electron chi connectivity index (χ1n) is 8.03. The normalized spacial score (nSPS) is 13.7. The van der Waals surface area contributed by atoms with E-state index >= 15 is 0 Å². The summed E-state index contributed by atoms with van der Waals surface area (Å²) in [7, 11) is -3.56. The fraction of sp³-hybridized carbons (Fsp3) is 0.368. The minimum Gasteiger partial charge on any atom is -0.388 e. The molecule has 0 aromatic heterocycles. The minimum absolute atomic E-state index is 0.0183. The van der Waals surface area contributed by atoms with Crippen molar-refractivity contribution in [3.05, 3.63) is 65.7 Å². The third-order valence-electron chi connectivity index (χ3n) is 3.92. The van der Waals surface area contributed by atoms with E-state index in [4.69, 9.17) is 0 Å². The number of benzene rings is 2. The van der Waals surface area contributed by atoms with Crippen LogP contribution in [0.15, 0.2) is 59.5 Å². The quantitative estimate of drug-likeness (QED) is 0.842. The first-order chi connectivity index (χ1) is 11.2. The lowest BCUT2D eigenvalue weighted by atomic mass is 9.87. The molecule has 0 amide bonds. The van der Waals surface area contributed by atoms with Gasteiger partial charge < -0.3 is 5.11 Å². The third-order valence-corrected chi connectivity index (χ3v) is 5.40. The van der Waals surface area contributed by atoms with Gasteiger partial charge in [0.1, 0.15) is 0 Å². The van der Waals surface area contributed by atoms with E-state index in [1.165, 1.54) is 0 Å². The van der Waals surface area contributed by atoms with Gasteiger partial charge in [-0.25, -0.2) is 13.1 Å². The van der Waals surface area contributed by atoms with Crippen LogP contribution in [0.1, 0.15) is 44.4 Å². The van der Waals surface area contributed by atoms with Gasteiger partial charge in [0.05, 0.1) is 11.0 Å². The maximum atomic E-state index is 12.3. The molecule has 2 rings (SSSR count). The summed E-state index contributed by atoms with van der Waals surface area (Å²) in [5.41, 5.74) is 1.85. The number of aliphatic hydroxyl groups is 1. The predicted molar refractivity (Wildman–Crippen MR) is 96.3 cm³/mol. The Bertz CT molecular complexity index is 747. The molecule has 0 saturated carbocycles. The number of aliphatic hydroxyl groups excluding tert-OH is 1. The van der Waals surface area contributed by atoms with Crippen molar-refractivity contribution in [1.82, 2.24) is 4.72 Å². The lowest BCUT2D eigenvalue weighted by Crippen LogP contribution is -2.26. The van der Waals surface area contributed by atoms with Gasteiger partial charge in [0.2, 0.25) is 10.0 Å². The van der Waals surface area contributed by atoms with Crippen LogP contribution in [-0.2, 0) is 15.4 Å². The van der Waals surface area contributed by atoms with Crippen molar-refractivity contribution in [2.24, 2.45) is 0 Å². The molecule has 0 aliphatic heterocycles. The van der Waals surface area contributed by atoms with Crippen LogP contribution in [0.5, 0.6) is 0 Å². The number of nitrogens with one attached hydrogen (secondary N) is 1. The summed E-state index contributed by atoms with van der Waals surface area (Å²) >= 11 is 0. The molecule has 1 unspecified atom stereocenters. The molecule has 0 aliphatic carbocycles. The summed E-state index contributed by atoms with van der Waals surface area (Å²) < 4.78 is 27.2. The van der Waals surface area contributed by atoms with Gasteiger partial charge in [0, 0.05) is 6.54 Å². The van der Waals surface area contributed by atoms with Gasteiger partial charge >= 0.3 is 0 Å². The van der Waals surface area contributed by atoms with E-state index in [0.717, 1.165) is 11.1 Å². The van der Waals surface area contributed by atoms with Crippen molar-refractivity contribution in [3.8, 4) is 0 Å². The summed E-state index contributed by atoms with van der Waals surface area (Å²) in [6.07, 6.45) is -0.360. The lowest BCUT2D eigenvalue weighted by molar-refractivity contribution is 0.169. The van der Waals surface area contributed by atoms with Crippen molar-refractivity contribution < 1.29 is 13.5 Å². The van der Waals surface area contributed by atoms with E-state index in [-0.39, 0.29) is 16.9 Å². The summed E-state index contributed by atoms with van der Waals surface area (Å²) in [4.78, 5) is 0.240. The Morgan fingerprint density at radius 3 is 2.12 bits per heavy atom. The van der Waals surface area contributed by atoms with E-state index in [1.807, 2.05) is 42.5 Å². The SMILES string of the molecule is CC(C)(C)c1ccc(S(=O)(=O)NCCC(O)c2ccccc2)cc1. The molecule has 0 bridgehead atoms. The van der Waals surface area contributed by atoms with Crippen molar-refractivity contribution in [2.45, 2.75) is 43.6 Å². The van der Waals surface area contributed by atoms with Crippen LogP contribution in [0.25, 0.3) is 0 Å². The smallest absolute Gasteiger partial charge is 0.240 e. The monoisotopic (exact) mass is 347 g/mol. The largest absolute Gasteiger partial charge is 0.388 e. The van der Waals surface area contributed by atoms with Crippen LogP contribution in [0.3, 0.4) is 0 Å². The Balaban J connectivity index is 1.96. The maximum Gasteiger partial charge on any atom is 0.240 e. The van der Waals surface area contributed by atoms with Crippen molar-refractivity contribution in [1.29, 1.82) is 0 Å². The summed E-state index contributed by atoms with van der Waals surface area (Å²) in [6.45, 7) is 6.43. The van der Waals surface area contributed by atoms with E-state index in [9.17, 15) is 13.5 Å². The summed E-state index contributed by atoms with van der Waals surface area (Å²) in [6, 6.07) is 16.1. The molecule has 2 N–H and O–H groups in total. The van der Waals surface area contributed by atoms with E-state index in [0.29, 0.717) is 6.42 Å². The predicted octanol–water partition coefficient (Wildman–Crippen LogP) is 3.39. The number of hydrogen-bond donors (Lipinski definition) is 2. The van der Waals surface area contributed by atoms with Crippen LogP contribution in [0.2, 0.25) is 0 Å².